The van der Waals surface area contributed by atoms with Gasteiger partial charge in [0, 0.05) is 23.8 Å². The maximum Gasteiger partial charge on any atom is 0.252 e. The molecule has 1 aliphatic rings. The second kappa shape index (κ2) is 10.5. The molecular formula is C22H30N3O3S+. The van der Waals surface area contributed by atoms with Crippen LogP contribution in [0, 0.1) is 0 Å². The topological polar surface area (TPSA) is 75.8 Å². The van der Waals surface area contributed by atoms with Crippen LogP contribution < -0.4 is 15.5 Å². The van der Waals surface area contributed by atoms with Gasteiger partial charge in [-0.15, -0.1) is 11.8 Å². The maximum atomic E-state index is 12.9. The van der Waals surface area contributed by atoms with Crippen molar-refractivity contribution in [1.29, 1.82) is 0 Å². The van der Waals surface area contributed by atoms with Crippen LogP contribution in [-0.4, -0.2) is 43.2 Å². The Morgan fingerprint density at radius 1 is 1.14 bits per heavy atom. The Morgan fingerprint density at radius 2 is 1.90 bits per heavy atom. The zero-order chi connectivity index (χ0) is 20.6. The Balaban J connectivity index is 1.63. The highest BCUT2D eigenvalue weighted by molar-refractivity contribution is 8.00. The third-order valence-corrected chi connectivity index (χ3v) is 6.11. The fourth-order valence-corrected chi connectivity index (χ4v) is 4.55. The molecule has 1 aromatic heterocycles. The molecule has 1 aromatic carbocycles. The zero-order valence-electron chi connectivity index (χ0n) is 17.1. The van der Waals surface area contributed by atoms with Gasteiger partial charge in [0.2, 0.25) is 5.91 Å². The van der Waals surface area contributed by atoms with E-state index in [1.807, 2.05) is 50.2 Å². The van der Waals surface area contributed by atoms with Crippen LogP contribution in [0.25, 0.3) is 0 Å². The number of nitrogens with one attached hydrogen (secondary N) is 3. The van der Waals surface area contributed by atoms with Gasteiger partial charge in [0.15, 0.2) is 11.8 Å². The first-order valence-electron chi connectivity index (χ1n) is 10.2. The molecule has 7 heteroatoms. The van der Waals surface area contributed by atoms with Gasteiger partial charge in [-0.3, -0.25) is 9.59 Å². The molecule has 6 nitrogen and oxygen atoms in total. The molecule has 2 heterocycles. The van der Waals surface area contributed by atoms with Gasteiger partial charge in [0.05, 0.1) is 37.2 Å². The van der Waals surface area contributed by atoms with Crippen LogP contribution in [0.5, 0.6) is 0 Å². The Labute approximate surface area is 176 Å². The number of hydrogen-bond donors (Lipinski definition) is 3. The van der Waals surface area contributed by atoms with E-state index in [0.29, 0.717) is 12.1 Å². The quantitative estimate of drug-likeness (QED) is 0.547. The third kappa shape index (κ3) is 6.11. The van der Waals surface area contributed by atoms with Crippen LogP contribution in [0.1, 0.15) is 48.8 Å². The fraction of sp³-hybridized carbons (Fsp3) is 0.455. The van der Waals surface area contributed by atoms with Crippen LogP contribution in [-0.2, 0) is 4.79 Å². The van der Waals surface area contributed by atoms with Crippen molar-refractivity contribution in [3.05, 3.63) is 54.0 Å². The van der Waals surface area contributed by atoms with Crippen molar-refractivity contribution in [2.75, 3.05) is 25.4 Å². The van der Waals surface area contributed by atoms with E-state index in [9.17, 15) is 9.59 Å². The largest absolute Gasteiger partial charge is 0.463 e. The molecule has 3 N–H and O–H groups in total. The van der Waals surface area contributed by atoms with Crippen LogP contribution in [0.3, 0.4) is 0 Å². The van der Waals surface area contributed by atoms with E-state index in [4.69, 9.17) is 4.42 Å². The van der Waals surface area contributed by atoms with Crippen molar-refractivity contribution < 1.29 is 18.9 Å². The minimum atomic E-state index is -0.118. The van der Waals surface area contributed by atoms with Gasteiger partial charge in [-0.1, -0.05) is 12.1 Å². The second-order valence-electron chi connectivity index (χ2n) is 7.65. The van der Waals surface area contributed by atoms with E-state index in [2.05, 4.69) is 10.6 Å². The summed E-state index contributed by atoms with van der Waals surface area (Å²) in [5.74, 6) is 1.05. The molecule has 29 heavy (non-hydrogen) atoms. The van der Waals surface area contributed by atoms with Crippen LogP contribution in [0.4, 0.5) is 0 Å². The number of carbonyl (C=O) groups excluding carboxylic acids is 2. The molecule has 1 saturated heterocycles. The molecule has 0 radical (unpaired) electrons. The van der Waals surface area contributed by atoms with Gasteiger partial charge in [-0.05, 0) is 38.1 Å². The van der Waals surface area contributed by atoms with Crippen molar-refractivity contribution in [3.63, 3.8) is 0 Å². The number of thioether (sulfide) groups is 1. The summed E-state index contributed by atoms with van der Waals surface area (Å²) in [4.78, 5) is 27.1. The lowest BCUT2D eigenvalue weighted by Gasteiger charge is -2.23. The van der Waals surface area contributed by atoms with E-state index in [0.717, 1.165) is 23.7 Å². The SMILES string of the molecule is CC(C)NC(=O)CSc1ccccc1C(=O)NC[C@H](c1ccco1)[NH+]1CCCC1. The molecular weight excluding hydrogens is 386 g/mol. The highest BCUT2D eigenvalue weighted by Gasteiger charge is 2.30. The number of carbonyl (C=O) groups is 2. The van der Waals surface area contributed by atoms with Crippen molar-refractivity contribution in [2.45, 2.75) is 43.7 Å². The predicted octanol–water partition coefficient (Wildman–Crippen LogP) is 2.05. The first-order valence-corrected chi connectivity index (χ1v) is 11.2. The van der Waals surface area contributed by atoms with E-state index in [1.54, 1.807) is 6.26 Å². The van der Waals surface area contributed by atoms with Crippen molar-refractivity contribution in [3.8, 4) is 0 Å². The Morgan fingerprint density at radius 3 is 2.59 bits per heavy atom. The second-order valence-corrected chi connectivity index (χ2v) is 8.67. The number of hydrogen-bond acceptors (Lipinski definition) is 4. The van der Waals surface area contributed by atoms with Crippen LogP contribution in [0.15, 0.2) is 52.0 Å². The predicted molar refractivity (Wildman–Crippen MR) is 114 cm³/mol. The summed E-state index contributed by atoms with van der Waals surface area (Å²) >= 11 is 1.39. The molecule has 1 atom stereocenters. The first-order chi connectivity index (χ1) is 14.0. The number of furan rings is 1. The normalized spacial score (nSPS) is 15.4. The zero-order valence-corrected chi connectivity index (χ0v) is 17.9. The number of benzene rings is 1. The van der Waals surface area contributed by atoms with E-state index in [1.165, 1.54) is 29.5 Å². The van der Waals surface area contributed by atoms with Crippen molar-refractivity contribution in [1.82, 2.24) is 10.6 Å². The molecule has 1 aliphatic heterocycles. The van der Waals surface area contributed by atoms with E-state index in [-0.39, 0.29) is 29.7 Å². The van der Waals surface area contributed by atoms with Gasteiger partial charge >= 0.3 is 0 Å². The summed E-state index contributed by atoms with van der Waals surface area (Å²) in [7, 11) is 0. The minimum absolute atomic E-state index is 0.0317. The fourth-order valence-electron chi connectivity index (χ4n) is 3.69. The molecule has 0 saturated carbocycles. The van der Waals surface area contributed by atoms with Gasteiger partial charge in [-0.25, -0.2) is 0 Å². The summed E-state index contributed by atoms with van der Waals surface area (Å²) < 4.78 is 5.65. The van der Waals surface area contributed by atoms with Gasteiger partial charge in [-0.2, -0.15) is 0 Å². The molecule has 0 unspecified atom stereocenters. The molecule has 2 amide bonds. The molecule has 2 aromatic rings. The molecule has 0 spiro atoms. The number of quaternary nitrogens is 1. The molecule has 0 bridgehead atoms. The molecule has 0 aliphatic carbocycles. The summed E-state index contributed by atoms with van der Waals surface area (Å²) in [6.45, 7) is 6.58. The van der Waals surface area contributed by atoms with Crippen molar-refractivity contribution >= 4 is 23.6 Å². The first kappa shape index (κ1) is 21.5. The number of rotatable bonds is 9. The summed E-state index contributed by atoms with van der Waals surface area (Å²) in [6.07, 6.45) is 4.10. The highest BCUT2D eigenvalue weighted by atomic mass is 32.2. The van der Waals surface area contributed by atoms with Crippen LogP contribution in [0.2, 0.25) is 0 Å². The molecule has 3 rings (SSSR count). The molecule has 1 fully saturated rings. The lowest BCUT2D eigenvalue weighted by atomic mass is 10.1. The number of likely N-dealkylation sites (tertiary alicyclic amines) is 1. The summed E-state index contributed by atoms with van der Waals surface area (Å²) in [5, 5.41) is 5.97. The summed E-state index contributed by atoms with van der Waals surface area (Å²) in [6, 6.07) is 11.5. The monoisotopic (exact) mass is 416 g/mol. The van der Waals surface area contributed by atoms with Crippen molar-refractivity contribution in [2.24, 2.45) is 0 Å². The summed E-state index contributed by atoms with van der Waals surface area (Å²) in [5.41, 5.74) is 0.601. The molecule has 156 valence electrons. The van der Waals surface area contributed by atoms with Gasteiger partial charge in [0.1, 0.15) is 0 Å². The lowest BCUT2D eigenvalue weighted by molar-refractivity contribution is -0.919. The van der Waals surface area contributed by atoms with E-state index < -0.39 is 0 Å². The van der Waals surface area contributed by atoms with Gasteiger partial charge < -0.3 is 20.0 Å². The minimum Gasteiger partial charge on any atom is -0.463 e. The van der Waals surface area contributed by atoms with Gasteiger partial charge in [0.25, 0.3) is 5.91 Å². The highest BCUT2D eigenvalue weighted by Crippen LogP contribution is 2.22. The average Bonchev–Trinajstić information content (AvgIpc) is 3.41. The maximum absolute atomic E-state index is 12.9. The smallest absolute Gasteiger partial charge is 0.252 e. The Hall–Kier alpha value is -2.25. The third-order valence-electron chi connectivity index (χ3n) is 5.03. The number of amides is 2. The Kier molecular flexibility index (Phi) is 7.77. The van der Waals surface area contributed by atoms with Crippen LogP contribution >= 0.6 is 11.8 Å². The average molecular weight is 417 g/mol. The standard InChI is InChI=1S/C22H29N3O3S/c1-16(2)24-21(26)15-29-20-10-4-3-8-17(20)22(27)23-14-18(19-9-7-13-28-19)25-11-5-6-12-25/h3-4,7-10,13,16,18H,5-6,11-12,14-15H2,1-2H3,(H,23,27)(H,24,26)/p+1/t18-/m1/s1. The Bertz CT molecular complexity index is 801. The van der Waals surface area contributed by atoms with E-state index >= 15 is 0 Å². The lowest BCUT2D eigenvalue weighted by Crippen LogP contribution is -3.11.